The maximum atomic E-state index is 11.8. The van der Waals surface area contributed by atoms with Gasteiger partial charge in [0.05, 0.1) is 0 Å². The van der Waals surface area contributed by atoms with E-state index in [1.165, 1.54) is 25.9 Å². The van der Waals surface area contributed by atoms with Crippen molar-refractivity contribution in [2.45, 2.75) is 45.7 Å². The molecule has 0 atom stereocenters. The molecule has 5 nitrogen and oxygen atoms in total. The van der Waals surface area contributed by atoms with Crippen LogP contribution in [-0.4, -0.2) is 79.1 Å². The Morgan fingerprint density at radius 1 is 1.24 bits per heavy atom. The van der Waals surface area contributed by atoms with Crippen LogP contribution in [0.15, 0.2) is 0 Å². The lowest BCUT2D eigenvalue weighted by Crippen LogP contribution is -2.65. The summed E-state index contributed by atoms with van der Waals surface area (Å²) in [6, 6.07) is 1.36. The molecular formula is C16H32N4O. The van der Waals surface area contributed by atoms with E-state index >= 15 is 0 Å². The van der Waals surface area contributed by atoms with Gasteiger partial charge in [-0.3, -0.25) is 4.90 Å². The molecule has 0 bridgehead atoms. The topological polar surface area (TPSA) is 38.8 Å². The largest absolute Gasteiger partial charge is 0.338 e. The van der Waals surface area contributed by atoms with Gasteiger partial charge >= 0.3 is 6.03 Å². The summed E-state index contributed by atoms with van der Waals surface area (Å²) in [6.45, 7) is 12.6. The predicted octanol–water partition coefficient (Wildman–Crippen LogP) is 1.45. The minimum Gasteiger partial charge on any atom is -0.338 e. The molecule has 1 N–H and O–H groups in total. The molecule has 2 rings (SSSR count). The maximum Gasteiger partial charge on any atom is 0.317 e. The first kappa shape index (κ1) is 16.6. The lowest BCUT2D eigenvalue weighted by Gasteiger charge is -2.50. The summed E-state index contributed by atoms with van der Waals surface area (Å²) < 4.78 is 0. The molecule has 0 radical (unpaired) electrons. The van der Waals surface area contributed by atoms with Crippen molar-refractivity contribution in [3.63, 3.8) is 0 Å². The zero-order valence-corrected chi connectivity index (χ0v) is 14.1. The van der Waals surface area contributed by atoms with Gasteiger partial charge in [0.1, 0.15) is 0 Å². The fourth-order valence-corrected chi connectivity index (χ4v) is 3.44. The third-order valence-corrected chi connectivity index (χ3v) is 4.68. The Kier molecular flexibility index (Phi) is 5.88. The summed E-state index contributed by atoms with van der Waals surface area (Å²) in [4.78, 5) is 18.9. The second kappa shape index (κ2) is 7.45. The molecule has 5 heteroatoms. The lowest BCUT2D eigenvalue weighted by atomic mass is 9.96. The minimum absolute atomic E-state index is 0.0987. The first-order valence-corrected chi connectivity index (χ1v) is 8.48. The Bertz CT molecular complexity index is 333. The summed E-state index contributed by atoms with van der Waals surface area (Å²) in [7, 11) is 2.21. The fraction of sp³-hybridized carbons (Fsp3) is 0.938. The summed E-state index contributed by atoms with van der Waals surface area (Å²) in [5, 5.41) is 2.89. The summed E-state index contributed by atoms with van der Waals surface area (Å²) in [6.07, 6.45) is 2.53. The molecule has 2 heterocycles. The van der Waals surface area contributed by atoms with Gasteiger partial charge in [0.2, 0.25) is 0 Å². The van der Waals surface area contributed by atoms with Gasteiger partial charge in [0.15, 0.2) is 0 Å². The van der Waals surface area contributed by atoms with Crippen molar-refractivity contribution in [3.05, 3.63) is 0 Å². The molecule has 21 heavy (non-hydrogen) atoms. The van der Waals surface area contributed by atoms with E-state index in [2.05, 4.69) is 36.0 Å². The Labute approximate surface area is 129 Å². The van der Waals surface area contributed by atoms with Crippen LogP contribution < -0.4 is 5.32 Å². The Morgan fingerprint density at radius 2 is 1.86 bits per heavy atom. The molecule has 0 aromatic rings. The number of nitrogens with zero attached hydrogens (tertiary/aromatic N) is 3. The number of piperidine rings is 1. The Morgan fingerprint density at radius 3 is 2.38 bits per heavy atom. The van der Waals surface area contributed by atoms with Crippen LogP contribution in [0.25, 0.3) is 0 Å². The lowest BCUT2D eigenvalue weighted by molar-refractivity contribution is 0.00276. The van der Waals surface area contributed by atoms with Crippen molar-refractivity contribution < 1.29 is 4.79 Å². The molecule has 2 fully saturated rings. The van der Waals surface area contributed by atoms with Gasteiger partial charge in [-0.05, 0) is 45.8 Å². The van der Waals surface area contributed by atoms with Crippen molar-refractivity contribution in [3.8, 4) is 0 Å². The monoisotopic (exact) mass is 296 g/mol. The van der Waals surface area contributed by atoms with Crippen LogP contribution in [0.4, 0.5) is 4.79 Å². The van der Waals surface area contributed by atoms with Crippen molar-refractivity contribution in [2.75, 3.05) is 46.3 Å². The number of nitrogens with one attached hydrogen (secondary N) is 1. The average Bonchev–Trinajstić information content (AvgIpc) is 2.36. The first-order valence-electron chi connectivity index (χ1n) is 8.48. The van der Waals surface area contributed by atoms with Gasteiger partial charge in [0, 0.05) is 38.3 Å². The molecule has 0 unspecified atom stereocenters. The maximum absolute atomic E-state index is 11.8. The molecule has 2 saturated heterocycles. The average molecular weight is 296 g/mol. The van der Waals surface area contributed by atoms with E-state index in [9.17, 15) is 4.79 Å². The number of hydrogen-bond donors (Lipinski definition) is 1. The highest BCUT2D eigenvalue weighted by atomic mass is 16.2. The number of likely N-dealkylation sites (tertiary alicyclic amines) is 2. The summed E-state index contributed by atoms with van der Waals surface area (Å²) in [5.41, 5.74) is 0. The number of carbonyl (C=O) groups excluding carboxylic acids is 1. The normalized spacial score (nSPS) is 21.9. The molecular weight excluding hydrogens is 264 g/mol. The molecule has 2 amide bonds. The van der Waals surface area contributed by atoms with E-state index in [0.29, 0.717) is 24.5 Å². The third kappa shape index (κ3) is 4.33. The van der Waals surface area contributed by atoms with Crippen LogP contribution in [0.1, 0.15) is 33.6 Å². The quantitative estimate of drug-likeness (QED) is 0.834. The van der Waals surface area contributed by atoms with Gasteiger partial charge in [-0.25, -0.2) is 4.79 Å². The van der Waals surface area contributed by atoms with Crippen molar-refractivity contribution in [1.82, 2.24) is 20.0 Å². The van der Waals surface area contributed by atoms with E-state index in [1.54, 1.807) is 0 Å². The highest BCUT2D eigenvalue weighted by Gasteiger charge is 2.38. The third-order valence-electron chi connectivity index (χ3n) is 4.68. The van der Waals surface area contributed by atoms with E-state index in [1.807, 2.05) is 11.8 Å². The Hall–Kier alpha value is -0.810. The molecule has 122 valence electrons. The van der Waals surface area contributed by atoms with Crippen LogP contribution in [0.5, 0.6) is 0 Å². The number of hydrogen-bond acceptors (Lipinski definition) is 3. The van der Waals surface area contributed by atoms with Crippen molar-refractivity contribution >= 4 is 6.03 Å². The van der Waals surface area contributed by atoms with Gasteiger partial charge in [0.25, 0.3) is 0 Å². The van der Waals surface area contributed by atoms with Crippen LogP contribution in [0, 0.1) is 5.92 Å². The van der Waals surface area contributed by atoms with Crippen LogP contribution in [0.3, 0.4) is 0 Å². The summed E-state index contributed by atoms with van der Waals surface area (Å²) in [5.74, 6) is 0.683. The molecule has 2 aliphatic rings. The van der Waals surface area contributed by atoms with Crippen LogP contribution in [-0.2, 0) is 0 Å². The summed E-state index contributed by atoms with van der Waals surface area (Å²) >= 11 is 0. The van der Waals surface area contributed by atoms with Crippen molar-refractivity contribution in [1.29, 1.82) is 0 Å². The van der Waals surface area contributed by atoms with E-state index in [0.717, 1.165) is 19.6 Å². The van der Waals surface area contributed by atoms with Gasteiger partial charge < -0.3 is 15.1 Å². The zero-order chi connectivity index (χ0) is 15.4. The van der Waals surface area contributed by atoms with Gasteiger partial charge in [-0.2, -0.15) is 0 Å². The van der Waals surface area contributed by atoms with E-state index in [4.69, 9.17) is 0 Å². The molecule has 0 aromatic carbocycles. The second-order valence-electron chi connectivity index (χ2n) is 7.02. The van der Waals surface area contributed by atoms with Crippen LogP contribution >= 0.6 is 0 Å². The van der Waals surface area contributed by atoms with Crippen molar-refractivity contribution in [2.24, 2.45) is 5.92 Å². The number of urea groups is 1. The fourth-order valence-electron chi connectivity index (χ4n) is 3.44. The Balaban J connectivity index is 1.88. The molecule has 0 saturated carbocycles. The van der Waals surface area contributed by atoms with E-state index in [-0.39, 0.29) is 6.03 Å². The number of amides is 2. The highest BCUT2D eigenvalue weighted by Crippen LogP contribution is 2.24. The number of rotatable bonds is 5. The molecule has 0 aliphatic carbocycles. The smallest absolute Gasteiger partial charge is 0.317 e. The molecule has 0 spiro atoms. The minimum atomic E-state index is 0.0987. The second-order valence-corrected chi connectivity index (χ2v) is 7.02. The molecule has 2 aliphatic heterocycles. The van der Waals surface area contributed by atoms with E-state index < -0.39 is 0 Å². The predicted molar refractivity (Wildman–Crippen MR) is 86.5 cm³/mol. The van der Waals surface area contributed by atoms with Gasteiger partial charge in [-0.1, -0.05) is 13.8 Å². The van der Waals surface area contributed by atoms with Crippen LogP contribution in [0.2, 0.25) is 0 Å². The highest BCUT2D eigenvalue weighted by molar-refractivity contribution is 5.75. The standard InChI is InChI=1S/C16H32N4O/c1-5-17-16(21)19-11-15(12-19)20(10-13(2)3)14-6-8-18(4)9-7-14/h13-15H,5-12H2,1-4H3,(H,17,21). The number of carbonyl (C=O) groups is 1. The molecule has 0 aromatic heterocycles. The van der Waals surface area contributed by atoms with Gasteiger partial charge in [-0.15, -0.1) is 0 Å². The zero-order valence-electron chi connectivity index (χ0n) is 14.1. The SMILES string of the molecule is CCNC(=O)N1CC(N(CC(C)C)C2CCN(C)CC2)C1. The first-order chi connectivity index (χ1) is 10.0.